The Morgan fingerprint density at radius 2 is 1.93 bits per heavy atom. The minimum absolute atomic E-state index is 0.0852. The molecular formula is C15H19BrF2N6O3. The van der Waals surface area contributed by atoms with Gasteiger partial charge in [-0.25, -0.2) is 8.78 Å². The quantitative estimate of drug-likeness (QED) is 0.379. The smallest absolute Gasteiger partial charge is 0.319 e. The van der Waals surface area contributed by atoms with E-state index in [9.17, 15) is 23.7 Å². The maximum absolute atomic E-state index is 12.9. The van der Waals surface area contributed by atoms with Crippen LogP contribution in [0.5, 0.6) is 0 Å². The number of hydrogen-bond acceptors (Lipinski definition) is 5. The maximum Gasteiger partial charge on any atom is 0.319 e. The van der Waals surface area contributed by atoms with Crippen molar-refractivity contribution in [2.75, 3.05) is 6.54 Å². The third-order valence-corrected chi connectivity index (χ3v) is 5.19. The van der Waals surface area contributed by atoms with Crippen molar-refractivity contribution in [1.82, 2.24) is 24.9 Å². The van der Waals surface area contributed by atoms with Crippen LogP contribution in [0.25, 0.3) is 0 Å². The minimum Gasteiger partial charge on any atom is -0.354 e. The van der Waals surface area contributed by atoms with Crippen molar-refractivity contribution in [1.29, 1.82) is 0 Å². The molecule has 0 fully saturated rings. The number of carbonyl (C=O) groups excluding carboxylic acids is 1. The van der Waals surface area contributed by atoms with E-state index in [4.69, 9.17) is 0 Å². The molecule has 12 heteroatoms. The second-order valence-electron chi connectivity index (χ2n) is 5.95. The van der Waals surface area contributed by atoms with E-state index in [-0.39, 0.29) is 12.2 Å². The molecule has 1 N–H and O–H groups in total. The lowest BCUT2D eigenvalue weighted by molar-refractivity contribution is -0.386. The van der Waals surface area contributed by atoms with Gasteiger partial charge in [0.2, 0.25) is 11.6 Å². The molecule has 0 aliphatic rings. The number of nitrogens with one attached hydrogen (secondary N) is 1. The maximum atomic E-state index is 12.9. The zero-order valence-corrected chi connectivity index (χ0v) is 16.6. The molecule has 9 nitrogen and oxygen atoms in total. The van der Waals surface area contributed by atoms with Gasteiger partial charge >= 0.3 is 5.69 Å². The van der Waals surface area contributed by atoms with Crippen LogP contribution in [0.15, 0.2) is 4.47 Å². The van der Waals surface area contributed by atoms with E-state index in [0.717, 1.165) is 20.5 Å². The second-order valence-corrected chi connectivity index (χ2v) is 6.74. The van der Waals surface area contributed by atoms with E-state index in [1.165, 1.54) is 6.92 Å². The van der Waals surface area contributed by atoms with Crippen LogP contribution in [0.4, 0.5) is 14.5 Å². The molecule has 0 saturated heterocycles. The third-order valence-electron chi connectivity index (χ3n) is 4.05. The molecule has 0 aliphatic heterocycles. The molecule has 2 aromatic heterocycles. The van der Waals surface area contributed by atoms with Crippen LogP contribution in [0.2, 0.25) is 0 Å². The molecule has 148 valence electrons. The van der Waals surface area contributed by atoms with Gasteiger partial charge in [0, 0.05) is 18.8 Å². The summed E-state index contributed by atoms with van der Waals surface area (Å²) in [7, 11) is 0. The monoisotopic (exact) mass is 448 g/mol. The average Bonchev–Trinajstić information content (AvgIpc) is 3.04. The fourth-order valence-corrected chi connectivity index (χ4v) is 2.91. The number of aromatic nitrogens is 4. The lowest BCUT2D eigenvalue weighted by Gasteiger charge is -2.07. The fraction of sp³-hybridized carbons (Fsp3) is 0.533. The highest BCUT2D eigenvalue weighted by molar-refractivity contribution is 9.10. The first-order valence-corrected chi connectivity index (χ1v) is 8.88. The largest absolute Gasteiger partial charge is 0.354 e. The molecule has 0 radical (unpaired) electrons. The Kier molecular flexibility index (Phi) is 6.63. The standard InChI is InChI=1S/C15H19BrF2N6O3/c1-8-12(16)9(2)22(20-8)6-4-5-19-11(25)7-23-10(3)14(24(26)27)13(21-23)15(17)18/h15H,4-7H2,1-3H3,(H,19,25). The lowest BCUT2D eigenvalue weighted by atomic mass is 10.3. The summed E-state index contributed by atoms with van der Waals surface area (Å²) in [6.07, 6.45) is -2.48. The van der Waals surface area contributed by atoms with Crippen LogP contribution in [-0.2, 0) is 17.9 Å². The van der Waals surface area contributed by atoms with Crippen molar-refractivity contribution < 1.29 is 18.5 Å². The Hall–Kier alpha value is -2.37. The number of aryl methyl sites for hydroxylation is 2. The normalized spacial score (nSPS) is 11.2. The van der Waals surface area contributed by atoms with Gasteiger partial charge in [0.25, 0.3) is 6.43 Å². The molecule has 0 atom stereocenters. The van der Waals surface area contributed by atoms with Crippen molar-refractivity contribution in [2.24, 2.45) is 0 Å². The van der Waals surface area contributed by atoms with Crippen molar-refractivity contribution in [2.45, 2.75) is 46.7 Å². The van der Waals surface area contributed by atoms with Gasteiger partial charge < -0.3 is 5.32 Å². The predicted octanol–water partition coefficient (Wildman–Crippen LogP) is 2.82. The Bertz CT molecular complexity index is 864. The van der Waals surface area contributed by atoms with E-state index in [1.54, 1.807) is 0 Å². The molecule has 2 heterocycles. The first-order valence-electron chi connectivity index (χ1n) is 8.09. The molecule has 0 unspecified atom stereocenters. The molecule has 0 saturated carbocycles. The van der Waals surface area contributed by atoms with E-state index in [2.05, 4.69) is 31.4 Å². The lowest BCUT2D eigenvalue weighted by Crippen LogP contribution is -2.29. The van der Waals surface area contributed by atoms with Gasteiger partial charge in [-0.2, -0.15) is 10.2 Å². The molecule has 0 spiro atoms. The highest BCUT2D eigenvalue weighted by atomic mass is 79.9. The van der Waals surface area contributed by atoms with Gasteiger partial charge in [0.15, 0.2) is 0 Å². The van der Waals surface area contributed by atoms with E-state index in [0.29, 0.717) is 19.5 Å². The summed E-state index contributed by atoms with van der Waals surface area (Å²) >= 11 is 3.44. The number of rotatable bonds is 8. The van der Waals surface area contributed by atoms with Gasteiger partial charge in [-0.1, -0.05) is 0 Å². The molecule has 0 bridgehead atoms. The first kappa shape index (κ1) is 20.9. The summed E-state index contributed by atoms with van der Waals surface area (Å²) in [5.74, 6) is -0.467. The second kappa shape index (κ2) is 8.55. The first-order chi connectivity index (χ1) is 12.6. The molecule has 2 rings (SSSR count). The van der Waals surface area contributed by atoms with E-state index < -0.39 is 28.6 Å². The summed E-state index contributed by atoms with van der Waals surface area (Å²) in [5.41, 5.74) is 0.0891. The fourth-order valence-electron chi connectivity index (χ4n) is 2.63. The highest BCUT2D eigenvalue weighted by Gasteiger charge is 2.31. The van der Waals surface area contributed by atoms with Crippen molar-refractivity contribution in [3.05, 3.63) is 37.4 Å². The number of carbonyl (C=O) groups is 1. The summed E-state index contributed by atoms with van der Waals surface area (Å²) in [4.78, 5) is 22.0. The van der Waals surface area contributed by atoms with Crippen molar-refractivity contribution in [3.63, 3.8) is 0 Å². The predicted molar refractivity (Wildman–Crippen MR) is 95.6 cm³/mol. The molecule has 0 aromatic carbocycles. The zero-order chi connectivity index (χ0) is 20.3. The van der Waals surface area contributed by atoms with Gasteiger partial charge in [-0.15, -0.1) is 0 Å². The third kappa shape index (κ3) is 4.67. The summed E-state index contributed by atoms with van der Waals surface area (Å²) in [6.45, 7) is 5.67. The number of halogens is 3. The topological polar surface area (TPSA) is 108 Å². The Morgan fingerprint density at radius 1 is 1.26 bits per heavy atom. The van der Waals surface area contributed by atoms with Crippen LogP contribution in [0.3, 0.4) is 0 Å². The Balaban J connectivity index is 1.91. The number of amides is 1. The van der Waals surface area contributed by atoms with Crippen LogP contribution in [-0.4, -0.2) is 36.9 Å². The van der Waals surface area contributed by atoms with Crippen LogP contribution in [0.1, 0.15) is 35.6 Å². The van der Waals surface area contributed by atoms with Crippen molar-refractivity contribution >= 4 is 27.5 Å². The van der Waals surface area contributed by atoms with Crippen molar-refractivity contribution in [3.8, 4) is 0 Å². The number of alkyl halides is 2. The molecule has 0 aliphatic carbocycles. The molecular weight excluding hydrogens is 430 g/mol. The molecule has 2 aromatic rings. The van der Waals surface area contributed by atoms with Gasteiger partial charge in [0.1, 0.15) is 12.2 Å². The minimum atomic E-state index is -3.09. The number of nitrogens with zero attached hydrogens (tertiary/aromatic N) is 5. The molecule has 27 heavy (non-hydrogen) atoms. The van der Waals surface area contributed by atoms with Crippen LogP contribution < -0.4 is 5.32 Å². The van der Waals surface area contributed by atoms with E-state index in [1.807, 2.05) is 18.5 Å². The van der Waals surface area contributed by atoms with Gasteiger partial charge in [0.05, 0.1) is 15.1 Å². The molecule has 1 amide bonds. The zero-order valence-electron chi connectivity index (χ0n) is 15.0. The van der Waals surface area contributed by atoms with E-state index >= 15 is 0 Å². The Morgan fingerprint density at radius 3 is 2.41 bits per heavy atom. The van der Waals surface area contributed by atoms with Crippen LogP contribution in [0, 0.1) is 30.9 Å². The van der Waals surface area contributed by atoms with Crippen LogP contribution >= 0.6 is 15.9 Å². The summed E-state index contributed by atoms with van der Waals surface area (Å²) in [5, 5.41) is 21.5. The average molecular weight is 449 g/mol. The Labute approximate surface area is 162 Å². The van der Waals surface area contributed by atoms with Gasteiger partial charge in [-0.05, 0) is 43.1 Å². The highest BCUT2D eigenvalue weighted by Crippen LogP contribution is 2.30. The number of nitro groups is 1. The van der Waals surface area contributed by atoms with Gasteiger partial charge in [-0.3, -0.25) is 24.3 Å². The number of hydrogen-bond donors (Lipinski definition) is 1. The summed E-state index contributed by atoms with van der Waals surface area (Å²) in [6, 6.07) is 0. The summed E-state index contributed by atoms with van der Waals surface area (Å²) < 4.78 is 29.5. The SMILES string of the molecule is Cc1nn(CCCNC(=O)Cn2nc(C(F)F)c([N+](=O)[O-])c2C)c(C)c1Br.